The molecule has 1 saturated heterocycles. The first-order valence-corrected chi connectivity index (χ1v) is 6.02. The van der Waals surface area contributed by atoms with E-state index in [4.69, 9.17) is 15.2 Å². The molecule has 1 heterocycles. The fraction of sp³-hybridized carbons (Fsp3) is 0.500. The third-order valence-electron chi connectivity index (χ3n) is 3.69. The molecule has 0 bridgehead atoms. The van der Waals surface area contributed by atoms with Gasteiger partial charge in [-0.2, -0.15) is 0 Å². The number of ether oxygens (including phenoxy) is 2. The van der Waals surface area contributed by atoms with Crippen molar-refractivity contribution in [2.75, 3.05) is 26.9 Å². The van der Waals surface area contributed by atoms with Gasteiger partial charge in [0, 0.05) is 6.54 Å². The standard InChI is InChI=1S/C14H19NO3/c1-9-4-11(12(17-3)5-10(9)2)13(16)14(6-15)7-18-8-14/h4-5H,6-8,15H2,1-3H3. The summed E-state index contributed by atoms with van der Waals surface area (Å²) in [5.41, 5.74) is 7.95. The van der Waals surface area contributed by atoms with Gasteiger partial charge in [-0.3, -0.25) is 4.79 Å². The average Bonchev–Trinajstić information content (AvgIpc) is 2.31. The summed E-state index contributed by atoms with van der Waals surface area (Å²) in [5.74, 6) is 0.638. The largest absolute Gasteiger partial charge is 0.496 e. The molecule has 2 rings (SSSR count). The molecule has 0 atom stereocenters. The Hall–Kier alpha value is -1.39. The Bertz CT molecular complexity index is 473. The summed E-state index contributed by atoms with van der Waals surface area (Å²) in [6, 6.07) is 3.78. The van der Waals surface area contributed by atoms with E-state index in [1.807, 2.05) is 26.0 Å². The highest BCUT2D eigenvalue weighted by Gasteiger charge is 2.45. The summed E-state index contributed by atoms with van der Waals surface area (Å²) >= 11 is 0. The monoisotopic (exact) mass is 249 g/mol. The first-order valence-electron chi connectivity index (χ1n) is 6.02. The SMILES string of the molecule is COc1cc(C)c(C)cc1C(=O)C1(CN)COC1. The zero-order chi connectivity index (χ0) is 13.3. The average molecular weight is 249 g/mol. The third kappa shape index (κ3) is 1.91. The molecule has 0 amide bonds. The minimum Gasteiger partial charge on any atom is -0.496 e. The minimum atomic E-state index is -0.561. The quantitative estimate of drug-likeness (QED) is 0.821. The predicted octanol–water partition coefficient (Wildman–Crippen LogP) is 1.47. The third-order valence-corrected chi connectivity index (χ3v) is 3.69. The van der Waals surface area contributed by atoms with Gasteiger partial charge in [0.1, 0.15) is 5.75 Å². The Morgan fingerprint density at radius 3 is 2.44 bits per heavy atom. The molecule has 4 heteroatoms. The van der Waals surface area contributed by atoms with Crippen molar-refractivity contribution in [3.05, 3.63) is 28.8 Å². The summed E-state index contributed by atoms with van der Waals surface area (Å²) in [5, 5.41) is 0. The number of Topliss-reactive ketones (excluding diaryl/α,β-unsaturated/α-hetero) is 1. The van der Waals surface area contributed by atoms with E-state index in [-0.39, 0.29) is 5.78 Å². The molecule has 0 radical (unpaired) electrons. The van der Waals surface area contributed by atoms with E-state index >= 15 is 0 Å². The van der Waals surface area contributed by atoms with Gasteiger partial charge in [0.05, 0.1) is 31.3 Å². The van der Waals surface area contributed by atoms with E-state index in [9.17, 15) is 4.79 Å². The highest BCUT2D eigenvalue weighted by atomic mass is 16.5. The Balaban J connectivity index is 2.44. The Morgan fingerprint density at radius 2 is 2.00 bits per heavy atom. The zero-order valence-corrected chi connectivity index (χ0v) is 11.1. The van der Waals surface area contributed by atoms with Crippen molar-refractivity contribution >= 4 is 5.78 Å². The molecule has 0 saturated carbocycles. The van der Waals surface area contributed by atoms with Gasteiger partial charge in [0.2, 0.25) is 0 Å². The van der Waals surface area contributed by atoms with E-state index in [2.05, 4.69) is 0 Å². The molecule has 4 nitrogen and oxygen atoms in total. The summed E-state index contributed by atoms with van der Waals surface area (Å²) in [4.78, 5) is 12.6. The Morgan fingerprint density at radius 1 is 1.39 bits per heavy atom. The summed E-state index contributed by atoms with van der Waals surface area (Å²) in [7, 11) is 1.58. The molecule has 2 N–H and O–H groups in total. The van der Waals surface area contributed by atoms with Gasteiger partial charge < -0.3 is 15.2 Å². The van der Waals surface area contributed by atoms with Crippen molar-refractivity contribution in [3.8, 4) is 5.75 Å². The lowest BCUT2D eigenvalue weighted by molar-refractivity contribution is -0.0816. The molecule has 1 aliphatic rings. The topological polar surface area (TPSA) is 61.5 Å². The second kappa shape index (κ2) is 4.71. The number of aryl methyl sites for hydroxylation is 2. The Kier molecular flexibility index (Phi) is 3.41. The number of hydrogen-bond donors (Lipinski definition) is 1. The number of hydrogen-bond acceptors (Lipinski definition) is 4. The first-order chi connectivity index (χ1) is 8.54. The molecule has 0 unspecified atom stereocenters. The van der Waals surface area contributed by atoms with Gasteiger partial charge >= 0.3 is 0 Å². The second-order valence-electron chi connectivity index (χ2n) is 4.94. The summed E-state index contributed by atoms with van der Waals surface area (Å²) in [6.45, 7) is 5.09. The van der Waals surface area contributed by atoms with Gasteiger partial charge in [0.15, 0.2) is 5.78 Å². The van der Waals surface area contributed by atoms with Crippen LogP contribution in [-0.4, -0.2) is 32.7 Å². The number of methoxy groups -OCH3 is 1. The van der Waals surface area contributed by atoms with Crippen molar-refractivity contribution < 1.29 is 14.3 Å². The van der Waals surface area contributed by atoms with Crippen LogP contribution in [0.4, 0.5) is 0 Å². The number of carbonyl (C=O) groups excluding carboxylic acids is 1. The molecular weight excluding hydrogens is 230 g/mol. The predicted molar refractivity (Wildman–Crippen MR) is 69.1 cm³/mol. The maximum atomic E-state index is 12.6. The molecule has 0 aliphatic carbocycles. The maximum Gasteiger partial charge on any atom is 0.178 e. The highest BCUT2D eigenvalue weighted by molar-refractivity contribution is 6.04. The van der Waals surface area contributed by atoms with E-state index in [0.29, 0.717) is 31.1 Å². The minimum absolute atomic E-state index is 0.0243. The van der Waals surface area contributed by atoms with E-state index in [1.165, 1.54) is 0 Å². The van der Waals surface area contributed by atoms with E-state index < -0.39 is 5.41 Å². The Labute approximate surface area is 107 Å². The van der Waals surface area contributed by atoms with Gasteiger partial charge in [-0.05, 0) is 37.1 Å². The summed E-state index contributed by atoms with van der Waals surface area (Å²) < 4.78 is 10.5. The molecular formula is C14H19NO3. The molecule has 1 fully saturated rings. The zero-order valence-electron chi connectivity index (χ0n) is 11.1. The fourth-order valence-corrected chi connectivity index (χ4v) is 2.11. The number of rotatable bonds is 4. The smallest absolute Gasteiger partial charge is 0.178 e. The number of carbonyl (C=O) groups is 1. The van der Waals surface area contributed by atoms with Crippen molar-refractivity contribution in [2.24, 2.45) is 11.1 Å². The van der Waals surface area contributed by atoms with Crippen LogP contribution < -0.4 is 10.5 Å². The molecule has 98 valence electrons. The molecule has 0 aromatic heterocycles. The van der Waals surface area contributed by atoms with Crippen LogP contribution in [0.1, 0.15) is 21.5 Å². The second-order valence-corrected chi connectivity index (χ2v) is 4.94. The van der Waals surface area contributed by atoms with Crippen molar-refractivity contribution in [1.29, 1.82) is 0 Å². The molecule has 1 aromatic rings. The van der Waals surface area contributed by atoms with Crippen LogP contribution in [0, 0.1) is 19.3 Å². The van der Waals surface area contributed by atoms with Crippen LogP contribution in [0.25, 0.3) is 0 Å². The molecule has 1 aromatic carbocycles. The number of benzene rings is 1. The van der Waals surface area contributed by atoms with Crippen LogP contribution in [0.2, 0.25) is 0 Å². The fourth-order valence-electron chi connectivity index (χ4n) is 2.11. The van der Waals surface area contributed by atoms with Crippen LogP contribution in [0.15, 0.2) is 12.1 Å². The van der Waals surface area contributed by atoms with Gasteiger partial charge in [-0.15, -0.1) is 0 Å². The lowest BCUT2D eigenvalue weighted by atomic mass is 9.78. The van der Waals surface area contributed by atoms with Crippen molar-refractivity contribution in [3.63, 3.8) is 0 Å². The van der Waals surface area contributed by atoms with Gasteiger partial charge in [-0.1, -0.05) is 0 Å². The van der Waals surface area contributed by atoms with Gasteiger partial charge in [-0.25, -0.2) is 0 Å². The lowest BCUT2D eigenvalue weighted by Crippen LogP contribution is -2.54. The van der Waals surface area contributed by atoms with Crippen molar-refractivity contribution in [2.45, 2.75) is 13.8 Å². The first kappa shape index (κ1) is 13.1. The lowest BCUT2D eigenvalue weighted by Gasteiger charge is -2.39. The van der Waals surface area contributed by atoms with Crippen LogP contribution >= 0.6 is 0 Å². The molecule has 1 aliphatic heterocycles. The van der Waals surface area contributed by atoms with Crippen LogP contribution in [0.3, 0.4) is 0 Å². The highest BCUT2D eigenvalue weighted by Crippen LogP contribution is 2.34. The van der Waals surface area contributed by atoms with Gasteiger partial charge in [0.25, 0.3) is 0 Å². The van der Waals surface area contributed by atoms with E-state index in [0.717, 1.165) is 11.1 Å². The van der Waals surface area contributed by atoms with Crippen molar-refractivity contribution in [1.82, 2.24) is 0 Å². The van der Waals surface area contributed by atoms with Crippen LogP contribution in [0.5, 0.6) is 5.75 Å². The number of ketones is 1. The number of nitrogens with two attached hydrogens (primary N) is 1. The maximum absolute atomic E-state index is 12.6. The van der Waals surface area contributed by atoms with E-state index in [1.54, 1.807) is 7.11 Å². The molecule has 18 heavy (non-hydrogen) atoms. The summed E-state index contributed by atoms with van der Waals surface area (Å²) in [6.07, 6.45) is 0. The van der Waals surface area contributed by atoms with Crippen LogP contribution in [-0.2, 0) is 4.74 Å². The molecule has 0 spiro atoms. The normalized spacial score (nSPS) is 17.1.